The van der Waals surface area contributed by atoms with Crippen LogP contribution in [-0.2, 0) is 12.8 Å². The Labute approximate surface area is 94.4 Å². The fraction of sp³-hybridized carbons (Fsp3) is 0.154. The summed E-state index contributed by atoms with van der Waals surface area (Å²) in [6, 6.07) is 3.23. The van der Waals surface area contributed by atoms with Crippen LogP contribution >= 0.6 is 0 Å². The Morgan fingerprint density at radius 2 is 1.88 bits per heavy atom. The van der Waals surface area contributed by atoms with Gasteiger partial charge in [0.2, 0.25) is 0 Å². The zero-order valence-corrected chi connectivity index (χ0v) is 8.94. The number of aromatic carboxylic acids is 1. The second kappa shape index (κ2) is 5.16. The summed E-state index contributed by atoms with van der Waals surface area (Å²) < 4.78 is 0. The molecular formula is C13H14O3. The highest BCUT2D eigenvalue weighted by Gasteiger charge is 2.14. The van der Waals surface area contributed by atoms with Crippen molar-refractivity contribution in [1.82, 2.24) is 0 Å². The summed E-state index contributed by atoms with van der Waals surface area (Å²) in [6.45, 7) is 7.17. The topological polar surface area (TPSA) is 57.5 Å². The number of aromatic hydroxyl groups is 1. The molecule has 2 N–H and O–H groups in total. The molecule has 0 bridgehead atoms. The minimum atomic E-state index is -1.13. The highest BCUT2D eigenvalue weighted by molar-refractivity contribution is 5.91. The Bertz CT molecular complexity index is 433. The standard InChI is InChI=1S/C13H14O3/c1-3-5-9-7-10(6-4-2)12(14)11(8-9)13(15)16/h3-4,7-8,14H,1-2,5-6H2,(H,15,16). The number of carboxylic acids is 1. The third-order valence-corrected chi connectivity index (χ3v) is 2.22. The fourth-order valence-electron chi connectivity index (χ4n) is 1.52. The molecule has 3 heteroatoms. The molecule has 1 rings (SSSR count). The van der Waals surface area contributed by atoms with Crippen molar-refractivity contribution >= 4 is 5.97 Å². The largest absolute Gasteiger partial charge is 0.507 e. The maximum absolute atomic E-state index is 10.9. The van der Waals surface area contributed by atoms with Crippen molar-refractivity contribution in [2.45, 2.75) is 12.8 Å². The lowest BCUT2D eigenvalue weighted by atomic mass is 10.00. The molecule has 0 aliphatic heterocycles. The average molecular weight is 218 g/mol. The highest BCUT2D eigenvalue weighted by atomic mass is 16.4. The summed E-state index contributed by atoms with van der Waals surface area (Å²) >= 11 is 0. The van der Waals surface area contributed by atoms with Crippen LogP contribution in [0, 0.1) is 0 Å². The number of benzene rings is 1. The van der Waals surface area contributed by atoms with Crippen LogP contribution in [0.25, 0.3) is 0 Å². The van der Waals surface area contributed by atoms with E-state index >= 15 is 0 Å². The molecule has 0 aliphatic rings. The molecule has 0 aliphatic carbocycles. The van der Waals surface area contributed by atoms with Crippen LogP contribution in [0.4, 0.5) is 0 Å². The predicted octanol–water partition coefficient (Wildman–Crippen LogP) is 2.55. The molecule has 0 aromatic heterocycles. The van der Waals surface area contributed by atoms with Gasteiger partial charge in [-0.05, 0) is 30.0 Å². The van der Waals surface area contributed by atoms with Crippen LogP contribution in [-0.4, -0.2) is 16.2 Å². The smallest absolute Gasteiger partial charge is 0.339 e. The zero-order valence-electron chi connectivity index (χ0n) is 8.94. The molecule has 0 unspecified atom stereocenters. The van der Waals surface area contributed by atoms with E-state index in [1.165, 1.54) is 6.07 Å². The van der Waals surface area contributed by atoms with Gasteiger partial charge >= 0.3 is 5.97 Å². The van der Waals surface area contributed by atoms with Crippen molar-refractivity contribution in [2.75, 3.05) is 0 Å². The van der Waals surface area contributed by atoms with Gasteiger partial charge in [0.25, 0.3) is 0 Å². The maximum Gasteiger partial charge on any atom is 0.339 e. The molecule has 1 aromatic rings. The lowest BCUT2D eigenvalue weighted by molar-refractivity contribution is 0.0693. The van der Waals surface area contributed by atoms with E-state index in [-0.39, 0.29) is 11.3 Å². The number of carboxylic acid groups (broad SMARTS) is 1. The molecule has 0 heterocycles. The van der Waals surface area contributed by atoms with Crippen molar-refractivity contribution < 1.29 is 15.0 Å². The monoisotopic (exact) mass is 218 g/mol. The van der Waals surface area contributed by atoms with Gasteiger partial charge in [0.05, 0.1) is 0 Å². The van der Waals surface area contributed by atoms with Crippen LogP contribution in [0.2, 0.25) is 0 Å². The van der Waals surface area contributed by atoms with Gasteiger partial charge in [-0.25, -0.2) is 4.79 Å². The second-order valence-electron chi connectivity index (χ2n) is 3.44. The van der Waals surface area contributed by atoms with Crippen LogP contribution in [0.1, 0.15) is 21.5 Å². The third-order valence-electron chi connectivity index (χ3n) is 2.22. The van der Waals surface area contributed by atoms with Crippen LogP contribution in [0.3, 0.4) is 0 Å². The Balaban J connectivity index is 3.31. The normalized spacial score (nSPS) is 9.75. The summed E-state index contributed by atoms with van der Waals surface area (Å²) in [5.74, 6) is -1.31. The molecule has 0 amide bonds. The summed E-state index contributed by atoms with van der Waals surface area (Å²) in [4.78, 5) is 10.9. The minimum absolute atomic E-state index is 0.0730. The maximum atomic E-state index is 10.9. The van der Waals surface area contributed by atoms with Gasteiger partial charge in [0, 0.05) is 0 Å². The molecular weight excluding hydrogens is 204 g/mol. The molecule has 1 aromatic carbocycles. The van der Waals surface area contributed by atoms with Gasteiger partial charge in [-0.3, -0.25) is 0 Å². The number of carbonyl (C=O) groups is 1. The Morgan fingerprint density at radius 1 is 1.25 bits per heavy atom. The Kier molecular flexibility index (Phi) is 3.89. The van der Waals surface area contributed by atoms with Crippen LogP contribution < -0.4 is 0 Å². The van der Waals surface area contributed by atoms with Crippen molar-refractivity contribution in [3.63, 3.8) is 0 Å². The first kappa shape index (κ1) is 12.0. The Hall–Kier alpha value is -2.03. The lowest BCUT2D eigenvalue weighted by Crippen LogP contribution is -2.01. The van der Waals surface area contributed by atoms with Crippen molar-refractivity contribution in [3.8, 4) is 5.75 Å². The highest BCUT2D eigenvalue weighted by Crippen LogP contribution is 2.26. The van der Waals surface area contributed by atoms with Crippen molar-refractivity contribution in [3.05, 3.63) is 54.1 Å². The van der Waals surface area contributed by atoms with Gasteiger partial charge in [-0.1, -0.05) is 18.2 Å². The minimum Gasteiger partial charge on any atom is -0.507 e. The summed E-state index contributed by atoms with van der Waals surface area (Å²) in [7, 11) is 0. The zero-order chi connectivity index (χ0) is 12.1. The van der Waals surface area contributed by atoms with Crippen LogP contribution in [0.5, 0.6) is 5.75 Å². The van der Waals surface area contributed by atoms with E-state index in [1.807, 2.05) is 0 Å². The molecule has 0 spiro atoms. The van der Waals surface area contributed by atoms with Crippen LogP contribution in [0.15, 0.2) is 37.4 Å². The number of rotatable bonds is 5. The number of phenols is 1. The summed E-state index contributed by atoms with van der Waals surface area (Å²) in [5.41, 5.74) is 1.32. The fourth-order valence-corrected chi connectivity index (χ4v) is 1.52. The molecule has 0 atom stereocenters. The molecule has 0 radical (unpaired) electrons. The first-order valence-corrected chi connectivity index (χ1v) is 4.90. The predicted molar refractivity (Wildman–Crippen MR) is 62.9 cm³/mol. The average Bonchev–Trinajstić information content (AvgIpc) is 2.23. The van der Waals surface area contributed by atoms with E-state index < -0.39 is 5.97 Å². The van der Waals surface area contributed by atoms with Gasteiger partial charge in [0.15, 0.2) is 0 Å². The van der Waals surface area contributed by atoms with E-state index in [0.717, 1.165) is 5.56 Å². The quantitative estimate of drug-likeness (QED) is 0.747. The number of allylic oxidation sites excluding steroid dienone is 2. The second-order valence-corrected chi connectivity index (χ2v) is 3.44. The van der Waals surface area contributed by atoms with E-state index in [0.29, 0.717) is 18.4 Å². The van der Waals surface area contributed by atoms with E-state index in [1.54, 1.807) is 18.2 Å². The van der Waals surface area contributed by atoms with E-state index in [9.17, 15) is 9.90 Å². The molecule has 16 heavy (non-hydrogen) atoms. The van der Waals surface area contributed by atoms with Crippen molar-refractivity contribution in [1.29, 1.82) is 0 Å². The molecule has 3 nitrogen and oxygen atoms in total. The molecule has 0 fully saturated rings. The first-order chi connectivity index (χ1) is 7.60. The lowest BCUT2D eigenvalue weighted by Gasteiger charge is -2.08. The summed E-state index contributed by atoms with van der Waals surface area (Å²) in [5, 5.41) is 18.7. The third kappa shape index (κ3) is 2.51. The summed E-state index contributed by atoms with van der Waals surface area (Å²) in [6.07, 6.45) is 4.33. The SMILES string of the molecule is C=CCc1cc(CC=C)c(O)c(C(=O)O)c1. The van der Waals surface area contributed by atoms with E-state index in [2.05, 4.69) is 13.2 Å². The first-order valence-electron chi connectivity index (χ1n) is 4.90. The van der Waals surface area contributed by atoms with E-state index in [4.69, 9.17) is 5.11 Å². The number of hydrogen-bond donors (Lipinski definition) is 2. The van der Waals surface area contributed by atoms with Gasteiger partial charge in [-0.2, -0.15) is 0 Å². The molecule has 84 valence electrons. The number of hydrogen-bond acceptors (Lipinski definition) is 2. The van der Waals surface area contributed by atoms with Gasteiger partial charge in [-0.15, -0.1) is 13.2 Å². The van der Waals surface area contributed by atoms with Crippen molar-refractivity contribution in [2.24, 2.45) is 0 Å². The Morgan fingerprint density at radius 3 is 2.38 bits per heavy atom. The molecule has 0 saturated carbocycles. The molecule has 0 saturated heterocycles. The van der Waals surface area contributed by atoms with Gasteiger partial charge < -0.3 is 10.2 Å². The van der Waals surface area contributed by atoms with Gasteiger partial charge in [0.1, 0.15) is 11.3 Å².